The zero-order valence-corrected chi connectivity index (χ0v) is 10.9. The lowest BCUT2D eigenvalue weighted by Crippen LogP contribution is -2.17. The summed E-state index contributed by atoms with van der Waals surface area (Å²) in [5.41, 5.74) is 0.333. The van der Waals surface area contributed by atoms with Gasteiger partial charge in [0, 0.05) is 26.2 Å². The predicted octanol–water partition coefficient (Wildman–Crippen LogP) is 1.41. The second kappa shape index (κ2) is 5.94. The highest BCUT2D eigenvalue weighted by atomic mass is 16.6. The SMILES string of the molecule is CC(=O)COC(=O)c1cc([N+](=O)[O-])ccc1N(C)C. The minimum absolute atomic E-state index is 0.0560. The molecule has 102 valence electrons. The Hall–Kier alpha value is -2.44. The summed E-state index contributed by atoms with van der Waals surface area (Å²) in [5, 5.41) is 10.7. The van der Waals surface area contributed by atoms with Crippen LogP contribution in [0.3, 0.4) is 0 Å². The van der Waals surface area contributed by atoms with Crippen molar-refractivity contribution < 1.29 is 19.2 Å². The molecule has 1 aromatic carbocycles. The Balaban J connectivity index is 3.13. The van der Waals surface area contributed by atoms with E-state index < -0.39 is 10.9 Å². The zero-order chi connectivity index (χ0) is 14.6. The number of nitro groups is 1. The molecule has 0 heterocycles. The van der Waals surface area contributed by atoms with Crippen molar-refractivity contribution in [1.29, 1.82) is 0 Å². The molecule has 1 rings (SSSR count). The fraction of sp³-hybridized carbons (Fsp3) is 0.333. The molecule has 0 aliphatic carbocycles. The highest BCUT2D eigenvalue weighted by molar-refractivity contribution is 5.97. The number of ketones is 1. The van der Waals surface area contributed by atoms with Gasteiger partial charge in [-0.25, -0.2) is 4.79 Å². The molecule has 1 aromatic rings. The van der Waals surface area contributed by atoms with Crippen LogP contribution in [0.5, 0.6) is 0 Å². The van der Waals surface area contributed by atoms with E-state index in [1.165, 1.54) is 19.1 Å². The number of esters is 1. The van der Waals surface area contributed by atoms with E-state index in [1.807, 2.05) is 0 Å². The van der Waals surface area contributed by atoms with Crippen LogP contribution < -0.4 is 4.90 Å². The van der Waals surface area contributed by atoms with Gasteiger partial charge in [-0.05, 0) is 13.0 Å². The number of nitro benzene ring substituents is 1. The molecule has 7 heteroatoms. The monoisotopic (exact) mass is 266 g/mol. The molecule has 0 unspecified atom stereocenters. The van der Waals surface area contributed by atoms with Gasteiger partial charge in [0.25, 0.3) is 5.69 Å². The van der Waals surface area contributed by atoms with Gasteiger partial charge >= 0.3 is 5.97 Å². The first-order valence-corrected chi connectivity index (χ1v) is 5.45. The molecule has 0 radical (unpaired) electrons. The van der Waals surface area contributed by atoms with Crippen LogP contribution in [0.2, 0.25) is 0 Å². The molecule has 0 amide bonds. The molecule has 0 aliphatic heterocycles. The van der Waals surface area contributed by atoms with E-state index in [-0.39, 0.29) is 23.6 Å². The molecule has 0 spiro atoms. The van der Waals surface area contributed by atoms with Gasteiger partial charge in [0.1, 0.15) is 6.61 Å². The van der Waals surface area contributed by atoms with Gasteiger partial charge in [-0.1, -0.05) is 0 Å². The smallest absolute Gasteiger partial charge is 0.340 e. The quantitative estimate of drug-likeness (QED) is 0.454. The summed E-state index contributed by atoms with van der Waals surface area (Å²) >= 11 is 0. The van der Waals surface area contributed by atoms with Crippen LogP contribution in [0.15, 0.2) is 18.2 Å². The molecule has 0 N–H and O–H groups in total. The molecule has 19 heavy (non-hydrogen) atoms. The Morgan fingerprint density at radius 2 is 2.00 bits per heavy atom. The van der Waals surface area contributed by atoms with Crippen molar-refractivity contribution in [3.8, 4) is 0 Å². The molecule has 7 nitrogen and oxygen atoms in total. The second-order valence-electron chi connectivity index (χ2n) is 4.13. The summed E-state index contributed by atoms with van der Waals surface area (Å²) in [6, 6.07) is 3.90. The minimum atomic E-state index is -0.761. The molecule has 0 saturated heterocycles. The van der Waals surface area contributed by atoms with Gasteiger partial charge < -0.3 is 9.64 Å². The number of benzene rings is 1. The summed E-state index contributed by atoms with van der Waals surface area (Å²) in [6.07, 6.45) is 0. The highest BCUT2D eigenvalue weighted by Crippen LogP contribution is 2.24. The van der Waals surface area contributed by atoms with E-state index in [4.69, 9.17) is 4.74 Å². The van der Waals surface area contributed by atoms with Gasteiger partial charge in [-0.2, -0.15) is 0 Å². The Morgan fingerprint density at radius 3 is 2.47 bits per heavy atom. The van der Waals surface area contributed by atoms with Crippen molar-refractivity contribution in [2.24, 2.45) is 0 Å². The van der Waals surface area contributed by atoms with Crippen molar-refractivity contribution in [2.45, 2.75) is 6.92 Å². The number of Topliss-reactive ketones (excluding diaryl/α,β-unsaturated/α-hetero) is 1. The van der Waals surface area contributed by atoms with E-state index in [2.05, 4.69) is 0 Å². The van der Waals surface area contributed by atoms with Crippen LogP contribution in [-0.4, -0.2) is 37.4 Å². The average molecular weight is 266 g/mol. The third kappa shape index (κ3) is 3.77. The molecule has 0 atom stereocenters. The van der Waals surface area contributed by atoms with Crippen LogP contribution in [0.25, 0.3) is 0 Å². The lowest BCUT2D eigenvalue weighted by atomic mass is 10.1. The highest BCUT2D eigenvalue weighted by Gasteiger charge is 2.19. The lowest BCUT2D eigenvalue weighted by Gasteiger charge is -2.16. The van der Waals surface area contributed by atoms with Gasteiger partial charge in [-0.3, -0.25) is 14.9 Å². The fourth-order valence-corrected chi connectivity index (χ4v) is 1.44. The summed E-state index contributed by atoms with van der Waals surface area (Å²) in [5.74, 6) is -1.06. The van der Waals surface area contributed by atoms with E-state index in [1.54, 1.807) is 19.0 Å². The average Bonchev–Trinajstić information content (AvgIpc) is 2.34. The first-order valence-electron chi connectivity index (χ1n) is 5.45. The van der Waals surface area contributed by atoms with Crippen LogP contribution in [0.4, 0.5) is 11.4 Å². The van der Waals surface area contributed by atoms with Crippen molar-refractivity contribution in [3.63, 3.8) is 0 Å². The summed E-state index contributed by atoms with van der Waals surface area (Å²) in [7, 11) is 3.39. The minimum Gasteiger partial charge on any atom is -0.454 e. The largest absolute Gasteiger partial charge is 0.454 e. The van der Waals surface area contributed by atoms with E-state index in [0.717, 1.165) is 6.07 Å². The number of carbonyl (C=O) groups is 2. The summed E-state index contributed by atoms with van der Waals surface area (Å²) < 4.78 is 4.78. The van der Waals surface area contributed by atoms with Crippen molar-refractivity contribution in [3.05, 3.63) is 33.9 Å². The molecular formula is C12H14N2O5. The van der Waals surface area contributed by atoms with E-state index in [9.17, 15) is 19.7 Å². The number of hydrogen-bond acceptors (Lipinski definition) is 6. The van der Waals surface area contributed by atoms with E-state index in [0.29, 0.717) is 5.69 Å². The van der Waals surface area contributed by atoms with Crippen LogP contribution >= 0.6 is 0 Å². The molecule has 0 fully saturated rings. The Morgan fingerprint density at radius 1 is 1.37 bits per heavy atom. The topological polar surface area (TPSA) is 89.8 Å². The number of hydrogen-bond donors (Lipinski definition) is 0. The number of ether oxygens (including phenoxy) is 1. The molecule has 0 saturated carbocycles. The Bertz CT molecular complexity index is 525. The maximum atomic E-state index is 11.8. The molecular weight excluding hydrogens is 252 g/mol. The lowest BCUT2D eigenvalue weighted by molar-refractivity contribution is -0.384. The standard InChI is InChI=1S/C12H14N2O5/c1-8(15)7-19-12(16)10-6-9(14(17)18)4-5-11(10)13(2)3/h4-6H,7H2,1-3H3. The van der Waals surface area contributed by atoms with Crippen LogP contribution in [-0.2, 0) is 9.53 Å². The van der Waals surface area contributed by atoms with Gasteiger partial charge in [-0.15, -0.1) is 0 Å². The summed E-state index contributed by atoms with van der Waals surface area (Å²) in [4.78, 5) is 34.3. The first-order chi connectivity index (χ1) is 8.82. The van der Waals surface area contributed by atoms with Gasteiger partial charge in [0.2, 0.25) is 0 Å². The maximum Gasteiger partial charge on any atom is 0.340 e. The maximum absolute atomic E-state index is 11.8. The van der Waals surface area contributed by atoms with Crippen molar-refractivity contribution in [2.75, 3.05) is 25.6 Å². The van der Waals surface area contributed by atoms with Crippen LogP contribution in [0.1, 0.15) is 17.3 Å². The van der Waals surface area contributed by atoms with Gasteiger partial charge in [0.15, 0.2) is 5.78 Å². The predicted molar refractivity (Wildman–Crippen MR) is 68.4 cm³/mol. The third-order valence-corrected chi connectivity index (χ3v) is 2.30. The Kier molecular flexibility index (Phi) is 4.57. The number of nitrogens with zero attached hydrogens (tertiary/aromatic N) is 2. The van der Waals surface area contributed by atoms with Crippen molar-refractivity contribution >= 4 is 23.1 Å². The molecule has 0 bridgehead atoms. The number of anilines is 1. The van der Waals surface area contributed by atoms with E-state index >= 15 is 0 Å². The zero-order valence-electron chi connectivity index (χ0n) is 10.9. The third-order valence-electron chi connectivity index (χ3n) is 2.30. The second-order valence-corrected chi connectivity index (χ2v) is 4.13. The van der Waals surface area contributed by atoms with Gasteiger partial charge in [0.05, 0.1) is 16.2 Å². The summed E-state index contributed by atoms with van der Waals surface area (Å²) in [6.45, 7) is 0.933. The van der Waals surface area contributed by atoms with Crippen LogP contribution in [0, 0.1) is 10.1 Å². The fourth-order valence-electron chi connectivity index (χ4n) is 1.44. The molecule has 0 aromatic heterocycles. The normalized spacial score (nSPS) is 9.84. The Labute approximate surface area is 109 Å². The number of non-ortho nitro benzene ring substituents is 1. The van der Waals surface area contributed by atoms with Crippen molar-refractivity contribution in [1.82, 2.24) is 0 Å². The molecule has 0 aliphatic rings. The number of carbonyl (C=O) groups excluding carboxylic acids is 2. The first kappa shape index (κ1) is 14.6. The number of rotatable bonds is 5.